The lowest BCUT2D eigenvalue weighted by Crippen LogP contribution is -2.06. The molecular formula is C15H14BrCl2NO. The van der Waals surface area contributed by atoms with Gasteiger partial charge in [-0.2, -0.15) is 0 Å². The third kappa shape index (κ3) is 2.54. The molecule has 2 nitrogen and oxygen atoms in total. The Kier molecular flexibility index (Phi) is 4.62. The summed E-state index contributed by atoms with van der Waals surface area (Å²) in [7, 11) is 1.88. The number of aromatic nitrogens is 1. The standard InChI is InChI=1S/C15H14BrCl2NO/c1-4-12(20)15-13(16)8(2)14(19(15)3)10-6-5-9(17)7-11(10)18/h5-7H,4H2,1-3H3. The lowest BCUT2D eigenvalue weighted by molar-refractivity contribution is 0.0979. The number of rotatable bonds is 3. The number of ketones is 1. The Morgan fingerprint density at radius 3 is 2.55 bits per heavy atom. The molecule has 0 bridgehead atoms. The maximum absolute atomic E-state index is 12.1. The van der Waals surface area contributed by atoms with Gasteiger partial charge in [-0.15, -0.1) is 0 Å². The molecule has 1 aromatic heterocycles. The summed E-state index contributed by atoms with van der Waals surface area (Å²) in [4.78, 5) is 12.1. The van der Waals surface area contributed by atoms with Crippen molar-refractivity contribution in [1.29, 1.82) is 0 Å². The lowest BCUT2D eigenvalue weighted by Gasteiger charge is -2.09. The van der Waals surface area contributed by atoms with Crippen LogP contribution < -0.4 is 0 Å². The average molecular weight is 375 g/mol. The SMILES string of the molecule is CCC(=O)c1c(Br)c(C)c(-c2ccc(Cl)cc2Cl)n1C. The van der Waals surface area contributed by atoms with Crippen molar-refractivity contribution in [1.82, 2.24) is 4.57 Å². The number of carbonyl (C=O) groups excluding carboxylic acids is 1. The molecule has 106 valence electrons. The monoisotopic (exact) mass is 373 g/mol. The summed E-state index contributed by atoms with van der Waals surface area (Å²) < 4.78 is 2.72. The minimum Gasteiger partial charge on any atom is -0.340 e. The van der Waals surface area contributed by atoms with E-state index in [1.54, 1.807) is 12.1 Å². The van der Waals surface area contributed by atoms with Crippen LogP contribution in [0.25, 0.3) is 11.3 Å². The minimum absolute atomic E-state index is 0.0961. The van der Waals surface area contributed by atoms with Crippen LogP contribution >= 0.6 is 39.1 Å². The van der Waals surface area contributed by atoms with Gasteiger partial charge < -0.3 is 4.57 Å². The van der Waals surface area contributed by atoms with Crippen molar-refractivity contribution >= 4 is 44.9 Å². The molecule has 0 spiro atoms. The van der Waals surface area contributed by atoms with Crippen molar-refractivity contribution < 1.29 is 4.79 Å². The number of hydrogen-bond acceptors (Lipinski definition) is 1. The first-order chi connectivity index (χ1) is 9.38. The average Bonchev–Trinajstić information content (AvgIpc) is 2.61. The molecule has 2 rings (SSSR count). The van der Waals surface area contributed by atoms with Gasteiger partial charge in [-0.05, 0) is 46.6 Å². The Hall–Kier alpha value is -0.770. The van der Waals surface area contributed by atoms with E-state index in [9.17, 15) is 4.79 Å². The van der Waals surface area contributed by atoms with Gasteiger partial charge >= 0.3 is 0 Å². The van der Waals surface area contributed by atoms with E-state index in [1.807, 2.05) is 31.5 Å². The van der Waals surface area contributed by atoms with E-state index in [0.29, 0.717) is 22.2 Å². The maximum Gasteiger partial charge on any atom is 0.180 e. The van der Waals surface area contributed by atoms with Crippen LogP contribution in [0.2, 0.25) is 10.0 Å². The van der Waals surface area contributed by atoms with Gasteiger partial charge in [0.15, 0.2) is 5.78 Å². The highest BCUT2D eigenvalue weighted by Crippen LogP contribution is 2.38. The first-order valence-electron chi connectivity index (χ1n) is 6.21. The fourth-order valence-corrected chi connectivity index (χ4v) is 3.51. The molecule has 0 saturated carbocycles. The molecule has 0 radical (unpaired) electrons. The highest BCUT2D eigenvalue weighted by molar-refractivity contribution is 9.10. The van der Waals surface area contributed by atoms with E-state index in [1.165, 1.54) is 0 Å². The zero-order valence-electron chi connectivity index (χ0n) is 11.4. The molecule has 0 aliphatic rings. The van der Waals surface area contributed by atoms with E-state index in [4.69, 9.17) is 23.2 Å². The number of Topliss-reactive ketones (excluding diaryl/α,β-unsaturated/α-hetero) is 1. The van der Waals surface area contributed by atoms with Crippen molar-refractivity contribution in [3.63, 3.8) is 0 Å². The predicted octanol–water partition coefficient (Wildman–Crippen LogP) is 5.66. The van der Waals surface area contributed by atoms with E-state index in [2.05, 4.69) is 15.9 Å². The topological polar surface area (TPSA) is 22.0 Å². The largest absolute Gasteiger partial charge is 0.340 e. The Morgan fingerprint density at radius 2 is 2.00 bits per heavy atom. The van der Waals surface area contributed by atoms with Crippen LogP contribution in [0.1, 0.15) is 29.4 Å². The molecule has 2 aromatic rings. The number of carbonyl (C=O) groups is 1. The molecular weight excluding hydrogens is 361 g/mol. The zero-order chi connectivity index (χ0) is 15.0. The van der Waals surface area contributed by atoms with Crippen molar-refractivity contribution in [2.75, 3.05) is 0 Å². The van der Waals surface area contributed by atoms with Gasteiger partial charge in [-0.1, -0.05) is 30.1 Å². The Labute approximate surface area is 136 Å². The van der Waals surface area contributed by atoms with Crippen molar-refractivity contribution in [2.24, 2.45) is 7.05 Å². The van der Waals surface area contributed by atoms with Crippen LogP contribution in [0.5, 0.6) is 0 Å². The van der Waals surface area contributed by atoms with E-state index in [0.717, 1.165) is 21.3 Å². The molecule has 0 N–H and O–H groups in total. The second kappa shape index (κ2) is 5.92. The summed E-state index contributed by atoms with van der Waals surface area (Å²) in [6.07, 6.45) is 0.462. The molecule has 0 unspecified atom stereocenters. The number of benzene rings is 1. The maximum atomic E-state index is 12.1. The normalized spacial score (nSPS) is 10.9. The van der Waals surface area contributed by atoms with Gasteiger partial charge in [0.25, 0.3) is 0 Å². The molecule has 0 aliphatic carbocycles. The van der Waals surface area contributed by atoms with Gasteiger partial charge in [0.2, 0.25) is 0 Å². The zero-order valence-corrected chi connectivity index (χ0v) is 14.5. The molecule has 5 heteroatoms. The van der Waals surface area contributed by atoms with Gasteiger partial charge in [0, 0.05) is 28.5 Å². The summed E-state index contributed by atoms with van der Waals surface area (Å²) in [5, 5.41) is 1.17. The number of nitrogens with zero attached hydrogens (tertiary/aromatic N) is 1. The van der Waals surface area contributed by atoms with Crippen molar-refractivity contribution in [3.8, 4) is 11.3 Å². The third-order valence-corrected chi connectivity index (χ3v) is 4.85. The first-order valence-corrected chi connectivity index (χ1v) is 7.76. The smallest absolute Gasteiger partial charge is 0.180 e. The molecule has 0 aliphatic heterocycles. The van der Waals surface area contributed by atoms with Crippen molar-refractivity contribution in [3.05, 3.63) is 44.0 Å². The summed E-state index contributed by atoms with van der Waals surface area (Å²) in [6.45, 7) is 3.82. The van der Waals surface area contributed by atoms with Gasteiger partial charge in [0.1, 0.15) is 0 Å². The van der Waals surface area contributed by atoms with Crippen molar-refractivity contribution in [2.45, 2.75) is 20.3 Å². The van der Waals surface area contributed by atoms with Crippen LogP contribution in [0, 0.1) is 6.92 Å². The Bertz CT molecular complexity index is 692. The van der Waals surface area contributed by atoms with Crippen LogP contribution in [0.15, 0.2) is 22.7 Å². The second-order valence-electron chi connectivity index (χ2n) is 4.60. The molecule has 1 heterocycles. The summed E-state index contributed by atoms with van der Waals surface area (Å²) >= 11 is 15.7. The van der Waals surface area contributed by atoms with E-state index in [-0.39, 0.29) is 5.78 Å². The fraction of sp³-hybridized carbons (Fsp3) is 0.267. The summed E-state index contributed by atoms with van der Waals surface area (Å²) in [6, 6.07) is 5.38. The van der Waals surface area contributed by atoms with E-state index >= 15 is 0 Å². The Morgan fingerprint density at radius 1 is 1.35 bits per heavy atom. The Balaban J connectivity index is 2.72. The second-order valence-corrected chi connectivity index (χ2v) is 6.23. The van der Waals surface area contributed by atoms with Crippen LogP contribution in [0.4, 0.5) is 0 Å². The first kappa shape index (κ1) is 15.6. The quantitative estimate of drug-likeness (QED) is 0.635. The predicted molar refractivity (Wildman–Crippen MR) is 87.9 cm³/mol. The summed E-state index contributed by atoms with van der Waals surface area (Å²) in [5.41, 5.74) is 3.46. The van der Waals surface area contributed by atoms with Crippen LogP contribution in [-0.4, -0.2) is 10.4 Å². The molecule has 1 aromatic carbocycles. The van der Waals surface area contributed by atoms with E-state index < -0.39 is 0 Å². The third-order valence-electron chi connectivity index (χ3n) is 3.33. The summed E-state index contributed by atoms with van der Waals surface area (Å²) in [5.74, 6) is 0.0961. The van der Waals surface area contributed by atoms with Crippen LogP contribution in [0.3, 0.4) is 0 Å². The fourth-order valence-electron chi connectivity index (χ4n) is 2.33. The van der Waals surface area contributed by atoms with Gasteiger partial charge in [-0.3, -0.25) is 4.79 Å². The molecule has 0 fully saturated rings. The number of hydrogen-bond donors (Lipinski definition) is 0. The number of halogens is 3. The molecule has 0 saturated heterocycles. The lowest BCUT2D eigenvalue weighted by atomic mass is 10.1. The van der Waals surface area contributed by atoms with Gasteiger partial charge in [-0.25, -0.2) is 0 Å². The molecule has 20 heavy (non-hydrogen) atoms. The minimum atomic E-state index is 0.0961. The van der Waals surface area contributed by atoms with Gasteiger partial charge in [0.05, 0.1) is 16.4 Å². The molecule has 0 amide bonds. The van der Waals surface area contributed by atoms with Crippen LogP contribution in [-0.2, 0) is 7.05 Å². The highest BCUT2D eigenvalue weighted by atomic mass is 79.9. The highest BCUT2D eigenvalue weighted by Gasteiger charge is 2.22. The molecule has 0 atom stereocenters.